The zero-order valence-corrected chi connectivity index (χ0v) is 14.5. The lowest BCUT2D eigenvalue weighted by Crippen LogP contribution is -2.37. The Kier molecular flexibility index (Phi) is 2.92. The highest BCUT2D eigenvalue weighted by Gasteiger charge is 2.67. The SMILES string of the molecule is O=C1Nc2ccccc2[C@]12CC2C1CCC2C(I)NNC2C1. The van der Waals surface area contributed by atoms with Crippen molar-refractivity contribution >= 4 is 34.2 Å². The van der Waals surface area contributed by atoms with Crippen molar-refractivity contribution in [3.63, 3.8) is 0 Å². The highest BCUT2D eigenvalue weighted by Crippen LogP contribution is 2.64. The van der Waals surface area contributed by atoms with Crippen molar-refractivity contribution in [2.75, 3.05) is 5.32 Å². The molecule has 22 heavy (non-hydrogen) atoms. The van der Waals surface area contributed by atoms with Crippen LogP contribution in [0.1, 0.15) is 31.2 Å². The van der Waals surface area contributed by atoms with Crippen molar-refractivity contribution in [2.24, 2.45) is 17.8 Å². The van der Waals surface area contributed by atoms with Crippen LogP contribution >= 0.6 is 22.6 Å². The van der Waals surface area contributed by atoms with E-state index in [4.69, 9.17) is 0 Å². The van der Waals surface area contributed by atoms with Gasteiger partial charge in [0.05, 0.1) is 9.46 Å². The zero-order valence-electron chi connectivity index (χ0n) is 12.3. The highest BCUT2D eigenvalue weighted by atomic mass is 127. The van der Waals surface area contributed by atoms with Crippen molar-refractivity contribution < 1.29 is 4.79 Å². The number of rotatable bonds is 1. The molecule has 3 N–H and O–H groups in total. The number of fused-ring (bicyclic) bond motifs is 3. The van der Waals surface area contributed by atoms with Crippen LogP contribution in [0.25, 0.3) is 0 Å². The molecule has 6 atom stereocenters. The molecule has 2 saturated carbocycles. The summed E-state index contributed by atoms with van der Waals surface area (Å²) in [6.45, 7) is 0. The molecule has 0 aromatic heterocycles. The highest BCUT2D eigenvalue weighted by molar-refractivity contribution is 14.1. The minimum atomic E-state index is -0.205. The van der Waals surface area contributed by atoms with Crippen LogP contribution < -0.4 is 16.2 Å². The topological polar surface area (TPSA) is 53.2 Å². The van der Waals surface area contributed by atoms with Crippen LogP contribution in [0.2, 0.25) is 0 Å². The second kappa shape index (κ2) is 4.68. The van der Waals surface area contributed by atoms with Gasteiger partial charge in [0.2, 0.25) is 5.91 Å². The Bertz CT molecular complexity index is 651. The Hall–Kier alpha value is -0.660. The molecule has 5 rings (SSSR count). The summed E-state index contributed by atoms with van der Waals surface area (Å²) in [6, 6.07) is 8.84. The number of alkyl halides is 1. The number of hydrazine groups is 1. The predicted octanol–water partition coefficient (Wildman–Crippen LogP) is 2.55. The molecular formula is C17H20IN3O. The molecule has 5 heteroatoms. The number of hydrogen-bond acceptors (Lipinski definition) is 3. The number of halogens is 1. The van der Waals surface area contributed by atoms with Gasteiger partial charge in [-0.1, -0.05) is 40.8 Å². The standard InChI is InChI=1S/C17H20IN3O/c18-15-10-6-5-9(7-14(10)20-21-15)12-8-17(12)11-3-1-2-4-13(11)19-16(17)22/h1-4,9-10,12,14-15,20-21H,5-8H2,(H,19,22)/t9?,10?,12?,14?,15?,17-/m0/s1. The van der Waals surface area contributed by atoms with E-state index in [1.54, 1.807) is 0 Å². The molecule has 2 aliphatic heterocycles. The first-order chi connectivity index (χ1) is 10.7. The molecular weight excluding hydrogens is 389 g/mol. The van der Waals surface area contributed by atoms with Crippen molar-refractivity contribution in [3.8, 4) is 0 Å². The van der Waals surface area contributed by atoms with E-state index in [9.17, 15) is 4.79 Å². The van der Waals surface area contributed by atoms with Crippen molar-refractivity contribution in [3.05, 3.63) is 29.8 Å². The molecule has 116 valence electrons. The van der Waals surface area contributed by atoms with Gasteiger partial charge in [-0.2, -0.15) is 0 Å². The molecule has 0 bridgehead atoms. The summed E-state index contributed by atoms with van der Waals surface area (Å²) >= 11 is 2.50. The number of hydrogen-bond donors (Lipinski definition) is 3. The number of para-hydroxylation sites is 1. The van der Waals surface area contributed by atoms with Crippen molar-refractivity contribution in [1.82, 2.24) is 10.9 Å². The number of carbonyl (C=O) groups is 1. The van der Waals surface area contributed by atoms with Crippen LogP contribution in [-0.4, -0.2) is 16.0 Å². The fourth-order valence-corrected chi connectivity index (χ4v) is 6.21. The van der Waals surface area contributed by atoms with Crippen LogP contribution in [0, 0.1) is 17.8 Å². The molecule has 4 aliphatic rings. The van der Waals surface area contributed by atoms with Gasteiger partial charge in [0.25, 0.3) is 0 Å². The van der Waals surface area contributed by atoms with Crippen molar-refractivity contribution in [1.29, 1.82) is 0 Å². The summed E-state index contributed by atoms with van der Waals surface area (Å²) in [6.07, 6.45) is 4.79. The molecule has 1 spiro atoms. The summed E-state index contributed by atoms with van der Waals surface area (Å²) < 4.78 is 0.548. The Balaban J connectivity index is 1.40. The average molecular weight is 409 g/mol. The van der Waals surface area contributed by atoms with Gasteiger partial charge in [0.1, 0.15) is 0 Å². The van der Waals surface area contributed by atoms with E-state index in [1.807, 2.05) is 12.1 Å². The van der Waals surface area contributed by atoms with E-state index in [0.29, 0.717) is 21.9 Å². The quantitative estimate of drug-likeness (QED) is 0.380. The summed E-state index contributed by atoms with van der Waals surface area (Å²) in [7, 11) is 0. The lowest BCUT2D eigenvalue weighted by Gasteiger charge is -2.32. The third-order valence-electron chi connectivity index (χ3n) is 6.37. The fourth-order valence-electron chi connectivity index (χ4n) is 5.17. The Morgan fingerprint density at radius 3 is 2.95 bits per heavy atom. The number of amides is 1. The van der Waals surface area contributed by atoms with Crippen LogP contribution in [0.5, 0.6) is 0 Å². The first-order valence-electron chi connectivity index (χ1n) is 8.26. The maximum absolute atomic E-state index is 12.6. The Morgan fingerprint density at radius 2 is 2.05 bits per heavy atom. The van der Waals surface area contributed by atoms with Crippen LogP contribution in [0.4, 0.5) is 5.69 Å². The first kappa shape index (κ1) is 13.7. The maximum Gasteiger partial charge on any atom is 0.235 e. The van der Waals surface area contributed by atoms with Crippen LogP contribution in [0.3, 0.4) is 0 Å². The van der Waals surface area contributed by atoms with Gasteiger partial charge in [-0.05, 0) is 49.1 Å². The number of nitrogens with one attached hydrogen (secondary N) is 3. The fraction of sp³-hybridized carbons (Fsp3) is 0.588. The Labute approximate surface area is 143 Å². The third-order valence-corrected chi connectivity index (χ3v) is 7.61. The van der Waals surface area contributed by atoms with E-state index in [1.165, 1.54) is 24.8 Å². The lowest BCUT2D eigenvalue weighted by atomic mass is 9.75. The van der Waals surface area contributed by atoms with Crippen LogP contribution in [0.15, 0.2) is 24.3 Å². The van der Waals surface area contributed by atoms with E-state index < -0.39 is 0 Å². The lowest BCUT2D eigenvalue weighted by molar-refractivity contribution is -0.118. The van der Waals surface area contributed by atoms with Gasteiger partial charge in [0, 0.05) is 17.6 Å². The number of benzene rings is 1. The van der Waals surface area contributed by atoms with E-state index in [-0.39, 0.29) is 11.3 Å². The molecule has 1 aromatic carbocycles. The molecule has 1 saturated heterocycles. The Morgan fingerprint density at radius 1 is 1.18 bits per heavy atom. The van der Waals surface area contributed by atoms with Gasteiger partial charge in [-0.15, -0.1) is 0 Å². The van der Waals surface area contributed by atoms with Gasteiger partial charge in [0.15, 0.2) is 0 Å². The smallest absolute Gasteiger partial charge is 0.235 e. The summed E-state index contributed by atoms with van der Waals surface area (Å²) in [5, 5.41) is 3.10. The molecule has 1 amide bonds. The van der Waals surface area contributed by atoms with E-state index in [0.717, 1.165) is 18.0 Å². The molecule has 5 unspecified atom stereocenters. The molecule has 0 radical (unpaired) electrons. The summed E-state index contributed by atoms with van der Waals surface area (Å²) in [5.41, 5.74) is 8.94. The summed E-state index contributed by atoms with van der Waals surface area (Å²) in [5.74, 6) is 2.20. The zero-order chi connectivity index (χ0) is 14.9. The number of carbonyl (C=O) groups excluding carboxylic acids is 1. The number of anilines is 1. The maximum atomic E-state index is 12.6. The normalized spacial score (nSPS) is 45.5. The minimum Gasteiger partial charge on any atom is -0.325 e. The van der Waals surface area contributed by atoms with Gasteiger partial charge in [-0.25, -0.2) is 5.43 Å². The molecule has 2 heterocycles. The molecule has 4 nitrogen and oxygen atoms in total. The molecule has 3 fully saturated rings. The van der Waals surface area contributed by atoms with E-state index in [2.05, 4.69) is 50.9 Å². The minimum absolute atomic E-state index is 0.205. The molecule has 1 aromatic rings. The summed E-state index contributed by atoms with van der Waals surface area (Å²) in [4.78, 5) is 12.6. The van der Waals surface area contributed by atoms with E-state index >= 15 is 0 Å². The first-order valence-corrected chi connectivity index (χ1v) is 9.51. The van der Waals surface area contributed by atoms with Gasteiger partial charge < -0.3 is 5.32 Å². The van der Waals surface area contributed by atoms with Gasteiger partial charge >= 0.3 is 0 Å². The van der Waals surface area contributed by atoms with Crippen LogP contribution in [-0.2, 0) is 10.2 Å². The van der Waals surface area contributed by atoms with Gasteiger partial charge in [-0.3, -0.25) is 10.2 Å². The average Bonchev–Trinajstić information content (AvgIpc) is 3.10. The third kappa shape index (κ3) is 1.73. The second-order valence-electron chi connectivity index (χ2n) is 7.32. The monoisotopic (exact) mass is 409 g/mol. The largest absolute Gasteiger partial charge is 0.325 e. The molecule has 2 aliphatic carbocycles. The predicted molar refractivity (Wildman–Crippen MR) is 93.6 cm³/mol. The van der Waals surface area contributed by atoms with Crippen molar-refractivity contribution in [2.45, 2.75) is 41.2 Å². The second-order valence-corrected chi connectivity index (χ2v) is 8.66.